The van der Waals surface area contributed by atoms with E-state index in [1.54, 1.807) is 0 Å². The van der Waals surface area contributed by atoms with Crippen LogP contribution in [0.2, 0.25) is 0 Å². The highest BCUT2D eigenvalue weighted by molar-refractivity contribution is 5.79. The standard InChI is InChI=1S/C21H35N5O/c1-22-21(23-14-18-6-5-9-25(2)16-18)24-15-19-7-3-4-8-20(19)17-26-10-12-27-13-11-26/h3-4,7-8,18H,5-6,9-17H2,1-2H3,(H2,22,23,24). The molecule has 0 aliphatic carbocycles. The van der Waals surface area contributed by atoms with Gasteiger partial charge < -0.3 is 20.3 Å². The third-order valence-corrected chi connectivity index (χ3v) is 5.57. The Morgan fingerprint density at radius 1 is 1.15 bits per heavy atom. The van der Waals surface area contributed by atoms with Crippen LogP contribution in [-0.2, 0) is 17.8 Å². The van der Waals surface area contributed by atoms with Crippen molar-refractivity contribution in [3.8, 4) is 0 Å². The lowest BCUT2D eigenvalue weighted by Crippen LogP contribution is -2.43. The second kappa shape index (κ2) is 10.6. The minimum atomic E-state index is 0.705. The predicted molar refractivity (Wildman–Crippen MR) is 111 cm³/mol. The summed E-state index contributed by atoms with van der Waals surface area (Å²) in [6, 6.07) is 8.70. The molecule has 1 atom stereocenters. The Bertz CT molecular complexity index is 600. The SMILES string of the molecule is CN=C(NCc1ccccc1CN1CCOCC1)NCC1CCCN(C)C1. The van der Waals surface area contributed by atoms with Gasteiger partial charge in [0.2, 0.25) is 0 Å². The van der Waals surface area contributed by atoms with E-state index in [2.05, 4.69) is 56.7 Å². The average molecular weight is 374 g/mol. The topological polar surface area (TPSA) is 52.1 Å². The third kappa shape index (κ3) is 6.48. The molecule has 0 aromatic heterocycles. The maximum Gasteiger partial charge on any atom is 0.191 e. The van der Waals surface area contributed by atoms with Gasteiger partial charge in [-0.1, -0.05) is 24.3 Å². The Balaban J connectivity index is 1.49. The highest BCUT2D eigenvalue weighted by Crippen LogP contribution is 2.14. The largest absolute Gasteiger partial charge is 0.379 e. The van der Waals surface area contributed by atoms with Gasteiger partial charge in [0.25, 0.3) is 0 Å². The highest BCUT2D eigenvalue weighted by atomic mass is 16.5. The van der Waals surface area contributed by atoms with Gasteiger partial charge in [0.1, 0.15) is 0 Å². The minimum Gasteiger partial charge on any atom is -0.379 e. The zero-order valence-corrected chi connectivity index (χ0v) is 16.9. The van der Waals surface area contributed by atoms with Crippen molar-refractivity contribution < 1.29 is 4.74 Å². The summed E-state index contributed by atoms with van der Waals surface area (Å²) in [5.41, 5.74) is 2.72. The van der Waals surface area contributed by atoms with Gasteiger partial charge in [-0.2, -0.15) is 0 Å². The summed E-state index contributed by atoms with van der Waals surface area (Å²) in [5, 5.41) is 7.01. The molecule has 3 rings (SSSR count). The number of hydrogen-bond acceptors (Lipinski definition) is 4. The van der Waals surface area contributed by atoms with Crippen LogP contribution in [0, 0.1) is 5.92 Å². The molecule has 1 aromatic rings. The summed E-state index contributed by atoms with van der Waals surface area (Å²) >= 11 is 0. The molecule has 0 saturated carbocycles. The normalized spacial score (nSPS) is 22.6. The zero-order chi connectivity index (χ0) is 18.9. The van der Waals surface area contributed by atoms with Crippen LogP contribution in [0.25, 0.3) is 0 Å². The molecule has 0 bridgehead atoms. The zero-order valence-electron chi connectivity index (χ0n) is 16.9. The molecule has 0 amide bonds. The van der Waals surface area contributed by atoms with Gasteiger partial charge in [0.15, 0.2) is 5.96 Å². The number of nitrogens with one attached hydrogen (secondary N) is 2. The summed E-state index contributed by atoms with van der Waals surface area (Å²) in [6.07, 6.45) is 2.60. The number of ether oxygens (including phenoxy) is 1. The van der Waals surface area contributed by atoms with Crippen LogP contribution >= 0.6 is 0 Å². The van der Waals surface area contributed by atoms with E-state index < -0.39 is 0 Å². The van der Waals surface area contributed by atoms with Crippen molar-refractivity contribution >= 4 is 5.96 Å². The van der Waals surface area contributed by atoms with Crippen molar-refractivity contribution in [1.82, 2.24) is 20.4 Å². The van der Waals surface area contributed by atoms with Crippen molar-refractivity contribution in [1.29, 1.82) is 0 Å². The van der Waals surface area contributed by atoms with Crippen molar-refractivity contribution in [3.63, 3.8) is 0 Å². The summed E-state index contributed by atoms with van der Waals surface area (Å²) in [6.45, 7) is 8.88. The van der Waals surface area contributed by atoms with Gasteiger partial charge in [0.05, 0.1) is 13.2 Å². The van der Waals surface area contributed by atoms with Crippen LogP contribution in [0.15, 0.2) is 29.3 Å². The van der Waals surface area contributed by atoms with Gasteiger partial charge in [0, 0.05) is 46.3 Å². The van der Waals surface area contributed by atoms with Crippen molar-refractivity contribution in [3.05, 3.63) is 35.4 Å². The molecule has 6 heteroatoms. The fraction of sp³-hybridized carbons (Fsp3) is 0.667. The molecule has 2 heterocycles. The van der Waals surface area contributed by atoms with E-state index in [0.717, 1.165) is 51.9 Å². The lowest BCUT2D eigenvalue weighted by Gasteiger charge is -2.30. The van der Waals surface area contributed by atoms with Crippen LogP contribution in [0.5, 0.6) is 0 Å². The first-order valence-electron chi connectivity index (χ1n) is 10.2. The molecule has 2 aliphatic rings. The summed E-state index contributed by atoms with van der Waals surface area (Å²) in [5.74, 6) is 1.60. The van der Waals surface area contributed by atoms with Crippen molar-refractivity contribution in [2.24, 2.45) is 10.9 Å². The molecular weight excluding hydrogens is 338 g/mol. The molecule has 2 saturated heterocycles. The Morgan fingerprint density at radius 2 is 1.93 bits per heavy atom. The van der Waals surface area contributed by atoms with Crippen molar-refractivity contribution in [2.75, 3.05) is 60.0 Å². The quantitative estimate of drug-likeness (QED) is 0.585. The van der Waals surface area contributed by atoms with Gasteiger partial charge >= 0.3 is 0 Å². The van der Waals surface area contributed by atoms with Crippen LogP contribution in [-0.4, -0.2) is 75.8 Å². The van der Waals surface area contributed by atoms with E-state index in [0.29, 0.717) is 5.92 Å². The molecule has 6 nitrogen and oxygen atoms in total. The first-order chi connectivity index (χ1) is 13.2. The van der Waals surface area contributed by atoms with E-state index in [9.17, 15) is 0 Å². The van der Waals surface area contributed by atoms with E-state index in [1.807, 2.05) is 7.05 Å². The Labute approximate surface area is 164 Å². The molecule has 1 unspecified atom stereocenters. The molecule has 2 aliphatic heterocycles. The maximum absolute atomic E-state index is 5.46. The van der Waals surface area contributed by atoms with E-state index in [-0.39, 0.29) is 0 Å². The van der Waals surface area contributed by atoms with E-state index >= 15 is 0 Å². The monoisotopic (exact) mass is 373 g/mol. The predicted octanol–water partition coefficient (Wildman–Crippen LogP) is 1.53. The molecule has 2 fully saturated rings. The molecule has 1 aromatic carbocycles. The second-order valence-electron chi connectivity index (χ2n) is 7.73. The summed E-state index contributed by atoms with van der Waals surface area (Å²) in [7, 11) is 4.06. The molecular formula is C21H35N5O. The number of nitrogens with zero attached hydrogens (tertiary/aromatic N) is 3. The first kappa shape index (κ1) is 20.1. The van der Waals surface area contributed by atoms with Gasteiger partial charge in [-0.05, 0) is 43.5 Å². The van der Waals surface area contributed by atoms with Gasteiger partial charge in [-0.15, -0.1) is 0 Å². The van der Waals surface area contributed by atoms with Gasteiger partial charge in [-0.3, -0.25) is 9.89 Å². The summed E-state index contributed by atoms with van der Waals surface area (Å²) in [4.78, 5) is 9.30. The number of guanidine groups is 1. The molecule has 2 N–H and O–H groups in total. The molecule has 27 heavy (non-hydrogen) atoms. The van der Waals surface area contributed by atoms with Crippen LogP contribution in [0.3, 0.4) is 0 Å². The maximum atomic E-state index is 5.46. The first-order valence-corrected chi connectivity index (χ1v) is 10.2. The number of piperidine rings is 1. The molecule has 0 radical (unpaired) electrons. The smallest absolute Gasteiger partial charge is 0.191 e. The van der Waals surface area contributed by atoms with Crippen LogP contribution in [0.4, 0.5) is 0 Å². The minimum absolute atomic E-state index is 0.705. The number of rotatable bonds is 6. The number of likely N-dealkylation sites (tertiary alicyclic amines) is 1. The lowest BCUT2D eigenvalue weighted by molar-refractivity contribution is 0.0341. The highest BCUT2D eigenvalue weighted by Gasteiger charge is 2.17. The Morgan fingerprint density at radius 3 is 2.67 bits per heavy atom. The number of aliphatic imine (C=N–C) groups is 1. The van der Waals surface area contributed by atoms with E-state index in [4.69, 9.17) is 4.74 Å². The summed E-state index contributed by atoms with van der Waals surface area (Å²) < 4.78 is 5.46. The fourth-order valence-electron chi connectivity index (χ4n) is 3.96. The van der Waals surface area contributed by atoms with Crippen LogP contribution < -0.4 is 10.6 Å². The van der Waals surface area contributed by atoms with Crippen molar-refractivity contribution in [2.45, 2.75) is 25.9 Å². The van der Waals surface area contributed by atoms with Crippen LogP contribution in [0.1, 0.15) is 24.0 Å². The molecule has 0 spiro atoms. The number of hydrogen-bond donors (Lipinski definition) is 2. The second-order valence-corrected chi connectivity index (χ2v) is 7.73. The fourth-order valence-corrected chi connectivity index (χ4v) is 3.96. The Hall–Kier alpha value is -1.63. The van der Waals surface area contributed by atoms with E-state index in [1.165, 1.54) is 37.1 Å². The average Bonchev–Trinajstić information content (AvgIpc) is 2.70. The number of benzene rings is 1. The third-order valence-electron chi connectivity index (χ3n) is 5.57. The molecule has 150 valence electrons. The number of morpholine rings is 1. The Kier molecular flexibility index (Phi) is 7.93. The van der Waals surface area contributed by atoms with Gasteiger partial charge in [-0.25, -0.2) is 0 Å². The lowest BCUT2D eigenvalue weighted by atomic mass is 9.99.